The van der Waals surface area contributed by atoms with Gasteiger partial charge in [0.1, 0.15) is 0 Å². The van der Waals surface area contributed by atoms with Crippen LogP contribution < -0.4 is 5.32 Å². The van der Waals surface area contributed by atoms with Crippen LogP contribution in [0.5, 0.6) is 0 Å². The summed E-state index contributed by atoms with van der Waals surface area (Å²) in [5, 5.41) is 3.87. The number of benzene rings is 1. The zero-order valence-electron chi connectivity index (χ0n) is 8.06. The normalized spacial score (nSPS) is 11.1. The number of nitrogens with one attached hydrogen (secondary N) is 1. The van der Waals surface area contributed by atoms with E-state index in [2.05, 4.69) is 27.3 Å². The summed E-state index contributed by atoms with van der Waals surface area (Å²) in [5.74, 6) is 0. The number of hydrogen-bond donors (Lipinski definition) is 1. The maximum Gasteiger partial charge on any atom is 0.0479 e. The van der Waals surface area contributed by atoms with Crippen molar-refractivity contribution in [2.45, 2.75) is 6.42 Å². The number of rotatable bonds is 4. The van der Waals surface area contributed by atoms with Crippen LogP contribution in [-0.4, -0.2) is 13.6 Å². The van der Waals surface area contributed by atoms with E-state index < -0.39 is 0 Å². The third kappa shape index (κ3) is 3.82. The largest absolute Gasteiger partial charge is 0.319 e. The van der Waals surface area contributed by atoms with E-state index in [0.29, 0.717) is 0 Å². The van der Waals surface area contributed by atoms with Crippen molar-refractivity contribution in [1.82, 2.24) is 5.32 Å². The molecule has 76 valence electrons. The number of halogens is 2. The topological polar surface area (TPSA) is 12.0 Å². The molecule has 0 fully saturated rings. The Balaban J connectivity index is 2.65. The average molecular weight is 275 g/mol. The molecule has 0 aromatic heterocycles. The Kier molecular flexibility index (Phi) is 5.23. The van der Waals surface area contributed by atoms with Crippen LogP contribution in [0.3, 0.4) is 0 Å². The van der Waals surface area contributed by atoms with Crippen molar-refractivity contribution in [3.05, 3.63) is 39.3 Å². The maximum atomic E-state index is 6.02. The lowest BCUT2D eigenvalue weighted by atomic mass is 10.2. The highest BCUT2D eigenvalue weighted by Gasteiger charge is 1.96. The third-order valence-corrected chi connectivity index (χ3v) is 2.65. The molecule has 1 aromatic carbocycles. The summed E-state index contributed by atoms with van der Waals surface area (Å²) in [4.78, 5) is 0. The first-order valence-electron chi connectivity index (χ1n) is 4.50. The van der Waals surface area contributed by atoms with Gasteiger partial charge in [0.25, 0.3) is 0 Å². The van der Waals surface area contributed by atoms with Gasteiger partial charge in [0.05, 0.1) is 0 Å². The summed E-state index contributed by atoms with van der Waals surface area (Å²) >= 11 is 9.44. The van der Waals surface area contributed by atoms with Crippen LogP contribution in [0, 0.1) is 0 Å². The van der Waals surface area contributed by atoms with E-state index in [9.17, 15) is 0 Å². The van der Waals surface area contributed by atoms with E-state index in [1.807, 2.05) is 31.3 Å². The summed E-state index contributed by atoms with van der Waals surface area (Å²) in [6, 6.07) is 5.84. The van der Waals surface area contributed by atoms with E-state index >= 15 is 0 Å². The van der Waals surface area contributed by atoms with Crippen molar-refractivity contribution in [1.29, 1.82) is 0 Å². The molecule has 14 heavy (non-hydrogen) atoms. The lowest BCUT2D eigenvalue weighted by Crippen LogP contribution is -2.05. The van der Waals surface area contributed by atoms with E-state index in [4.69, 9.17) is 11.6 Å². The van der Waals surface area contributed by atoms with Crippen LogP contribution in [0.25, 0.3) is 6.08 Å². The van der Waals surface area contributed by atoms with Crippen molar-refractivity contribution >= 4 is 33.6 Å². The second-order valence-corrected chi connectivity index (χ2v) is 4.28. The van der Waals surface area contributed by atoms with Gasteiger partial charge in [0.2, 0.25) is 0 Å². The van der Waals surface area contributed by atoms with Gasteiger partial charge >= 0.3 is 0 Å². The molecule has 0 atom stereocenters. The van der Waals surface area contributed by atoms with Crippen LogP contribution in [0.1, 0.15) is 12.0 Å². The van der Waals surface area contributed by atoms with E-state index in [-0.39, 0.29) is 0 Å². The minimum absolute atomic E-state index is 0.786. The molecule has 0 saturated carbocycles. The minimum Gasteiger partial charge on any atom is -0.319 e. The lowest BCUT2D eigenvalue weighted by Gasteiger charge is -1.99. The Morgan fingerprint density at radius 2 is 2.29 bits per heavy atom. The van der Waals surface area contributed by atoms with E-state index in [0.717, 1.165) is 28.0 Å². The summed E-state index contributed by atoms with van der Waals surface area (Å²) in [6.07, 6.45) is 5.17. The van der Waals surface area contributed by atoms with Gasteiger partial charge in [0, 0.05) is 9.50 Å². The fourth-order valence-electron chi connectivity index (χ4n) is 1.08. The van der Waals surface area contributed by atoms with E-state index in [1.165, 1.54) is 0 Å². The van der Waals surface area contributed by atoms with Gasteiger partial charge in [-0.25, -0.2) is 0 Å². The molecule has 1 rings (SSSR count). The predicted octanol–water partition coefficient (Wildman–Crippen LogP) is 3.73. The van der Waals surface area contributed by atoms with Crippen LogP contribution in [0.4, 0.5) is 0 Å². The molecule has 0 amide bonds. The fourth-order valence-corrected chi connectivity index (χ4v) is 1.64. The molecule has 0 aliphatic rings. The molecule has 0 spiro atoms. The fraction of sp³-hybridized carbons (Fsp3) is 0.273. The lowest BCUT2D eigenvalue weighted by molar-refractivity contribution is 0.809. The standard InChI is InChI=1S/C11H13BrClN/c1-14-7-3-2-4-9-8-10(12)5-6-11(9)13/h2,4-6,8,14H,3,7H2,1H3. The van der Waals surface area contributed by atoms with Gasteiger partial charge in [0.15, 0.2) is 0 Å². The molecule has 0 heterocycles. The second-order valence-electron chi connectivity index (χ2n) is 2.96. The Morgan fingerprint density at radius 3 is 3.00 bits per heavy atom. The molecule has 0 aliphatic carbocycles. The second kappa shape index (κ2) is 6.23. The van der Waals surface area contributed by atoms with E-state index in [1.54, 1.807) is 0 Å². The van der Waals surface area contributed by atoms with Gasteiger partial charge in [-0.05, 0) is 43.8 Å². The van der Waals surface area contributed by atoms with Crippen molar-refractivity contribution in [2.24, 2.45) is 0 Å². The summed E-state index contributed by atoms with van der Waals surface area (Å²) in [6.45, 7) is 0.988. The monoisotopic (exact) mass is 273 g/mol. The van der Waals surface area contributed by atoms with Crippen molar-refractivity contribution < 1.29 is 0 Å². The molecule has 1 N–H and O–H groups in total. The average Bonchev–Trinajstić information content (AvgIpc) is 2.18. The van der Waals surface area contributed by atoms with Gasteiger partial charge in [-0.3, -0.25) is 0 Å². The predicted molar refractivity (Wildman–Crippen MR) is 66.7 cm³/mol. The van der Waals surface area contributed by atoms with Gasteiger partial charge in [-0.15, -0.1) is 0 Å². The zero-order valence-corrected chi connectivity index (χ0v) is 10.4. The van der Waals surface area contributed by atoms with Crippen LogP contribution >= 0.6 is 27.5 Å². The Hall–Kier alpha value is -0.310. The number of hydrogen-bond acceptors (Lipinski definition) is 1. The minimum atomic E-state index is 0.786. The molecule has 0 bridgehead atoms. The highest BCUT2D eigenvalue weighted by Crippen LogP contribution is 2.22. The Morgan fingerprint density at radius 1 is 1.50 bits per heavy atom. The smallest absolute Gasteiger partial charge is 0.0479 e. The Bertz CT molecular complexity index is 323. The van der Waals surface area contributed by atoms with Gasteiger partial charge < -0.3 is 5.32 Å². The third-order valence-electron chi connectivity index (χ3n) is 1.82. The summed E-state index contributed by atoms with van der Waals surface area (Å²) in [7, 11) is 1.94. The highest BCUT2D eigenvalue weighted by molar-refractivity contribution is 9.10. The van der Waals surface area contributed by atoms with Gasteiger partial charge in [-0.2, -0.15) is 0 Å². The van der Waals surface area contributed by atoms with Crippen molar-refractivity contribution in [3.8, 4) is 0 Å². The van der Waals surface area contributed by atoms with Crippen LogP contribution in [0.15, 0.2) is 28.7 Å². The first-order chi connectivity index (χ1) is 6.74. The molecule has 0 radical (unpaired) electrons. The first-order valence-corrected chi connectivity index (χ1v) is 5.67. The molecule has 3 heteroatoms. The van der Waals surface area contributed by atoms with Crippen LogP contribution in [0.2, 0.25) is 5.02 Å². The Labute approximate surface area is 98.3 Å². The zero-order chi connectivity index (χ0) is 10.4. The SMILES string of the molecule is CNCCC=Cc1cc(Br)ccc1Cl. The first kappa shape index (κ1) is 11.8. The molecule has 0 saturated heterocycles. The molecule has 0 aliphatic heterocycles. The highest BCUT2D eigenvalue weighted by atomic mass is 79.9. The molecule has 1 nitrogen and oxygen atoms in total. The summed E-state index contributed by atoms with van der Waals surface area (Å²) < 4.78 is 1.05. The summed E-state index contributed by atoms with van der Waals surface area (Å²) in [5.41, 5.74) is 1.05. The molecular formula is C11H13BrClN. The van der Waals surface area contributed by atoms with Crippen LogP contribution in [-0.2, 0) is 0 Å². The quantitative estimate of drug-likeness (QED) is 0.825. The molecule has 1 aromatic rings. The van der Waals surface area contributed by atoms with Crippen molar-refractivity contribution in [2.75, 3.05) is 13.6 Å². The maximum absolute atomic E-state index is 6.02. The van der Waals surface area contributed by atoms with Crippen molar-refractivity contribution in [3.63, 3.8) is 0 Å². The molecular weight excluding hydrogens is 261 g/mol. The van der Waals surface area contributed by atoms with Gasteiger partial charge in [-0.1, -0.05) is 39.7 Å². The molecule has 0 unspecified atom stereocenters.